The van der Waals surface area contributed by atoms with Crippen molar-refractivity contribution in [2.24, 2.45) is 27.4 Å². The first-order valence-electron chi connectivity index (χ1n) is 11.7. The molecule has 0 fully saturated rings. The van der Waals surface area contributed by atoms with Gasteiger partial charge >= 0.3 is 0 Å². The Balaban J connectivity index is 1.77. The van der Waals surface area contributed by atoms with E-state index in [9.17, 15) is 0 Å². The normalized spacial score (nSPS) is 17.3. The Morgan fingerprint density at radius 1 is 1.00 bits per heavy atom. The van der Waals surface area contributed by atoms with E-state index in [-0.39, 0.29) is 0 Å². The Hall–Kier alpha value is -2.60. The number of hydrogen-bond donors (Lipinski definition) is 4. The molecule has 1 aromatic rings. The van der Waals surface area contributed by atoms with Crippen LogP contribution in [0.4, 0.5) is 0 Å². The van der Waals surface area contributed by atoms with Crippen molar-refractivity contribution in [3.05, 3.63) is 58.8 Å². The lowest BCUT2D eigenvalue weighted by molar-refractivity contribution is -0.704. The minimum Gasteiger partial charge on any atom is -0.384 e. The Morgan fingerprint density at radius 3 is 2.26 bits per heavy atom. The second kappa shape index (κ2) is 13.7. The fourth-order valence-corrected chi connectivity index (χ4v) is 3.49. The van der Waals surface area contributed by atoms with Crippen LogP contribution in [0.25, 0.3) is 0 Å². The molecule has 0 amide bonds. The van der Waals surface area contributed by atoms with Crippen molar-refractivity contribution in [2.75, 3.05) is 19.6 Å². The van der Waals surface area contributed by atoms with Crippen molar-refractivity contribution in [1.29, 1.82) is 0 Å². The number of allylic oxidation sites excluding steroid dienone is 3. The van der Waals surface area contributed by atoms with Crippen LogP contribution in [0.5, 0.6) is 0 Å². The molecule has 1 aromatic carbocycles. The summed E-state index contributed by atoms with van der Waals surface area (Å²) in [6.45, 7) is 9.11. The highest BCUT2D eigenvalue weighted by Crippen LogP contribution is 2.23. The molecule has 6 nitrogen and oxygen atoms in total. The summed E-state index contributed by atoms with van der Waals surface area (Å²) in [4.78, 5) is 8.94. The summed E-state index contributed by atoms with van der Waals surface area (Å²) in [5.74, 6) is 1.71. The molecule has 1 atom stereocenters. The van der Waals surface area contributed by atoms with Crippen LogP contribution in [0, 0.1) is 5.92 Å². The van der Waals surface area contributed by atoms with Crippen LogP contribution < -0.4 is 22.3 Å². The van der Waals surface area contributed by atoms with E-state index in [2.05, 4.69) is 78.0 Å². The van der Waals surface area contributed by atoms with E-state index in [4.69, 9.17) is 11.5 Å². The number of benzene rings is 1. The lowest BCUT2D eigenvalue weighted by Gasteiger charge is -2.21. The number of nitrogens with zero attached hydrogens (tertiary/aromatic N) is 2. The molecular weight excluding hydrogens is 384 g/mol. The highest BCUT2D eigenvalue weighted by Gasteiger charge is 2.18. The number of hydrogen-bond acceptors (Lipinski definition) is 3. The van der Waals surface area contributed by atoms with Crippen molar-refractivity contribution >= 4 is 11.7 Å². The van der Waals surface area contributed by atoms with Gasteiger partial charge in [-0.2, -0.15) is 0 Å². The maximum absolute atomic E-state index is 6.18. The first kappa shape index (κ1) is 24.7. The number of nitrogens with one attached hydrogen (secondary N) is 1. The van der Waals surface area contributed by atoms with E-state index in [1.807, 2.05) is 0 Å². The van der Waals surface area contributed by atoms with Crippen LogP contribution >= 0.6 is 0 Å². The van der Waals surface area contributed by atoms with Gasteiger partial charge in [-0.3, -0.25) is 9.98 Å². The number of aliphatic imine (C=N–C) groups is 2. The number of unbranched alkanes of at least 4 members (excludes halogenated alkanes) is 2. The molecule has 6 heteroatoms. The summed E-state index contributed by atoms with van der Waals surface area (Å²) in [6.07, 6.45) is 10.6. The first-order valence-corrected chi connectivity index (χ1v) is 11.7. The zero-order valence-corrected chi connectivity index (χ0v) is 19.5. The summed E-state index contributed by atoms with van der Waals surface area (Å²) in [5.41, 5.74) is 22.5. The molecule has 7 N–H and O–H groups in total. The van der Waals surface area contributed by atoms with E-state index < -0.39 is 0 Å². The highest BCUT2D eigenvalue weighted by atomic mass is 15.4. The predicted octanol–water partition coefficient (Wildman–Crippen LogP) is 2.81. The van der Waals surface area contributed by atoms with Gasteiger partial charge in [-0.15, -0.1) is 0 Å². The molecule has 0 saturated carbocycles. The molecule has 0 aromatic heterocycles. The van der Waals surface area contributed by atoms with Gasteiger partial charge in [-0.25, -0.2) is 10.9 Å². The Morgan fingerprint density at radius 2 is 1.65 bits per heavy atom. The fraction of sp³-hybridized carbons (Fsp3) is 0.520. The second-order valence-corrected chi connectivity index (χ2v) is 8.24. The number of nitrogens with two attached hydrogens (primary N) is 3. The smallest absolute Gasteiger partial charge is 0.125 e. The Kier molecular flexibility index (Phi) is 10.9. The van der Waals surface area contributed by atoms with Gasteiger partial charge in [0, 0.05) is 25.1 Å². The van der Waals surface area contributed by atoms with Crippen LogP contribution in [-0.2, 0) is 6.42 Å². The molecule has 0 saturated heterocycles. The van der Waals surface area contributed by atoms with E-state index in [1.54, 1.807) is 0 Å². The molecular formula is C25H41N6+. The average molecular weight is 426 g/mol. The zero-order chi connectivity index (χ0) is 22.5. The van der Waals surface area contributed by atoms with Gasteiger partial charge < -0.3 is 11.5 Å². The first-order chi connectivity index (χ1) is 15.0. The maximum atomic E-state index is 6.18. The summed E-state index contributed by atoms with van der Waals surface area (Å²) in [5, 5.41) is 0. The quantitative estimate of drug-likeness (QED) is 0.128. The molecule has 0 aliphatic heterocycles. The molecule has 1 aliphatic carbocycles. The number of amidine groups is 2. The largest absolute Gasteiger partial charge is 0.384 e. The second-order valence-electron chi connectivity index (χ2n) is 8.24. The molecule has 170 valence electrons. The zero-order valence-electron chi connectivity index (χ0n) is 19.5. The molecule has 2 rings (SSSR count). The van der Waals surface area contributed by atoms with E-state index in [0.717, 1.165) is 69.3 Å². The van der Waals surface area contributed by atoms with Crippen molar-refractivity contribution in [1.82, 2.24) is 5.43 Å². The standard InChI is InChI=1S/C25H40N6/c1-4-6-15-28-24(26)21-10-8-20(9-11-21)14-17-30-31-22-12-13-23(19(3)18-22)25(27)29-16-7-5-2/h8-13,19,30-31H,4-7,14-18H2,1-3H3,(H2,26,28)(H2,27,29)/p+1. The van der Waals surface area contributed by atoms with Crippen molar-refractivity contribution < 1.29 is 5.43 Å². The molecule has 31 heavy (non-hydrogen) atoms. The average Bonchev–Trinajstić information content (AvgIpc) is 2.77. The monoisotopic (exact) mass is 425 g/mol. The summed E-state index contributed by atoms with van der Waals surface area (Å²) in [7, 11) is 0. The van der Waals surface area contributed by atoms with Crippen molar-refractivity contribution in [3.8, 4) is 0 Å². The van der Waals surface area contributed by atoms with Gasteiger partial charge in [-0.05, 0) is 42.4 Å². The van der Waals surface area contributed by atoms with Gasteiger partial charge in [-0.1, -0.05) is 64.0 Å². The van der Waals surface area contributed by atoms with E-state index in [0.29, 0.717) is 17.6 Å². The number of quaternary nitrogens is 1. The van der Waals surface area contributed by atoms with Crippen LogP contribution in [-0.4, -0.2) is 31.3 Å². The van der Waals surface area contributed by atoms with Gasteiger partial charge in [0.15, 0.2) is 0 Å². The SMILES string of the molecule is CCCCN=C(N)C1=CC=C(N[NH2+]CCc2ccc(C(N)=NCCCC)cc2)CC1C. The molecule has 0 bridgehead atoms. The molecule has 0 radical (unpaired) electrons. The van der Waals surface area contributed by atoms with E-state index in [1.165, 1.54) is 11.3 Å². The topological polar surface area (TPSA) is 105 Å². The Labute approximate surface area is 188 Å². The summed E-state index contributed by atoms with van der Waals surface area (Å²) < 4.78 is 0. The molecule has 0 spiro atoms. The van der Waals surface area contributed by atoms with E-state index >= 15 is 0 Å². The third kappa shape index (κ3) is 8.58. The third-order valence-corrected chi connectivity index (χ3v) is 5.52. The summed E-state index contributed by atoms with van der Waals surface area (Å²) in [6, 6.07) is 8.42. The van der Waals surface area contributed by atoms with Crippen molar-refractivity contribution in [2.45, 2.75) is 59.3 Å². The molecule has 0 heterocycles. The third-order valence-electron chi connectivity index (χ3n) is 5.52. The van der Waals surface area contributed by atoms with Crippen LogP contribution in [0.2, 0.25) is 0 Å². The van der Waals surface area contributed by atoms with Gasteiger partial charge in [0.25, 0.3) is 0 Å². The van der Waals surface area contributed by atoms with Crippen LogP contribution in [0.3, 0.4) is 0 Å². The molecule has 1 unspecified atom stereocenters. The fourth-order valence-electron chi connectivity index (χ4n) is 3.49. The highest BCUT2D eigenvalue weighted by molar-refractivity contribution is 5.98. The van der Waals surface area contributed by atoms with Gasteiger partial charge in [0.2, 0.25) is 0 Å². The predicted molar refractivity (Wildman–Crippen MR) is 132 cm³/mol. The van der Waals surface area contributed by atoms with Crippen molar-refractivity contribution in [3.63, 3.8) is 0 Å². The van der Waals surface area contributed by atoms with Crippen LogP contribution in [0.15, 0.2) is 57.7 Å². The lowest BCUT2D eigenvalue weighted by Crippen LogP contribution is -2.93. The number of rotatable bonds is 13. The molecule has 1 aliphatic rings. The summed E-state index contributed by atoms with van der Waals surface area (Å²) >= 11 is 0. The van der Waals surface area contributed by atoms with Gasteiger partial charge in [0.05, 0.1) is 5.70 Å². The minimum absolute atomic E-state index is 0.378. The lowest BCUT2D eigenvalue weighted by atomic mass is 9.91. The minimum atomic E-state index is 0.378. The Bertz CT molecular complexity index is 789. The maximum Gasteiger partial charge on any atom is 0.125 e. The van der Waals surface area contributed by atoms with Gasteiger partial charge in [0.1, 0.15) is 18.2 Å². The van der Waals surface area contributed by atoms with Crippen LogP contribution in [0.1, 0.15) is 64.0 Å².